The number of anilines is 1. The van der Waals surface area contributed by atoms with E-state index in [0.29, 0.717) is 5.69 Å². The molecule has 0 saturated heterocycles. The third-order valence-electron chi connectivity index (χ3n) is 4.58. The highest BCUT2D eigenvalue weighted by atomic mass is 16.6. The van der Waals surface area contributed by atoms with E-state index < -0.39 is 5.76 Å². The van der Waals surface area contributed by atoms with Gasteiger partial charge in [0, 0.05) is 18.8 Å². The minimum absolute atomic E-state index is 0.0640. The molecule has 0 saturated carbocycles. The summed E-state index contributed by atoms with van der Waals surface area (Å²) in [6.45, 7) is 1.46. The van der Waals surface area contributed by atoms with Crippen molar-refractivity contribution in [2.24, 2.45) is 0 Å². The molecule has 0 atom stereocenters. The summed E-state index contributed by atoms with van der Waals surface area (Å²) in [5, 5.41) is 4.06. The highest BCUT2D eigenvalue weighted by molar-refractivity contribution is 5.53. The second-order valence-corrected chi connectivity index (χ2v) is 6.60. The summed E-state index contributed by atoms with van der Waals surface area (Å²) in [5.74, 6) is -0.586. The van der Waals surface area contributed by atoms with Crippen LogP contribution >= 0.6 is 0 Å². The van der Waals surface area contributed by atoms with Crippen LogP contribution in [0, 0.1) is 0 Å². The van der Waals surface area contributed by atoms with Gasteiger partial charge < -0.3 is 14.1 Å². The average Bonchev–Trinajstić information content (AvgIpc) is 3.16. The summed E-state index contributed by atoms with van der Waals surface area (Å²) in [4.78, 5) is 14.4. The standard InChI is InChI=1S/C23H21N3O3/c1-28-22-24-26(23(27)29-22)21-14-8-13-20(15-21)25(16-18-9-4-2-5-10-18)17-19-11-6-3-7-12-19/h2-15H,16-17H2,1H3. The maximum absolute atomic E-state index is 12.1. The minimum Gasteiger partial charge on any atom is -0.452 e. The first-order valence-electron chi connectivity index (χ1n) is 9.30. The Kier molecular flexibility index (Phi) is 5.42. The third-order valence-corrected chi connectivity index (χ3v) is 4.58. The van der Waals surface area contributed by atoms with Gasteiger partial charge in [-0.15, -0.1) is 0 Å². The summed E-state index contributed by atoms with van der Waals surface area (Å²) < 4.78 is 11.1. The van der Waals surface area contributed by atoms with Crippen LogP contribution in [0.15, 0.2) is 94.1 Å². The van der Waals surface area contributed by atoms with E-state index >= 15 is 0 Å². The molecule has 0 unspecified atom stereocenters. The van der Waals surface area contributed by atoms with Gasteiger partial charge in [-0.05, 0) is 29.3 Å². The normalized spacial score (nSPS) is 10.7. The Balaban J connectivity index is 1.69. The van der Waals surface area contributed by atoms with E-state index in [1.807, 2.05) is 60.7 Å². The lowest BCUT2D eigenvalue weighted by Gasteiger charge is -2.25. The largest absolute Gasteiger partial charge is 0.452 e. The van der Waals surface area contributed by atoms with E-state index in [2.05, 4.69) is 34.3 Å². The number of hydrogen-bond donors (Lipinski definition) is 0. The molecule has 0 N–H and O–H groups in total. The predicted molar refractivity (Wildman–Crippen MR) is 111 cm³/mol. The molecule has 0 aliphatic rings. The quantitative estimate of drug-likeness (QED) is 0.479. The van der Waals surface area contributed by atoms with Crippen molar-refractivity contribution < 1.29 is 9.15 Å². The van der Waals surface area contributed by atoms with E-state index in [0.717, 1.165) is 18.8 Å². The van der Waals surface area contributed by atoms with Gasteiger partial charge in [0.2, 0.25) is 0 Å². The first kappa shape index (κ1) is 18.6. The van der Waals surface area contributed by atoms with Crippen LogP contribution in [0.3, 0.4) is 0 Å². The number of hydrogen-bond acceptors (Lipinski definition) is 5. The second kappa shape index (κ2) is 8.48. The van der Waals surface area contributed by atoms with E-state index in [1.165, 1.54) is 22.9 Å². The zero-order valence-corrected chi connectivity index (χ0v) is 16.1. The molecular weight excluding hydrogens is 366 g/mol. The zero-order valence-electron chi connectivity index (χ0n) is 16.1. The summed E-state index contributed by atoms with van der Waals surface area (Å²) >= 11 is 0. The van der Waals surface area contributed by atoms with Gasteiger partial charge in [-0.2, -0.15) is 4.68 Å². The Labute approximate surface area is 168 Å². The number of aromatic nitrogens is 2. The van der Waals surface area contributed by atoms with Crippen LogP contribution in [0.5, 0.6) is 6.08 Å². The van der Waals surface area contributed by atoms with Gasteiger partial charge in [-0.1, -0.05) is 71.8 Å². The molecule has 0 fully saturated rings. The molecule has 0 spiro atoms. The van der Waals surface area contributed by atoms with Gasteiger partial charge in [-0.3, -0.25) is 0 Å². The van der Waals surface area contributed by atoms with Gasteiger partial charge >= 0.3 is 11.8 Å². The van der Waals surface area contributed by atoms with Gasteiger partial charge in [0.1, 0.15) is 0 Å². The summed E-state index contributed by atoms with van der Waals surface area (Å²) in [6, 6.07) is 28.3. The maximum Gasteiger partial charge on any atom is 0.444 e. The average molecular weight is 387 g/mol. The van der Waals surface area contributed by atoms with Gasteiger partial charge in [0.25, 0.3) is 0 Å². The number of methoxy groups -OCH3 is 1. The Bertz CT molecular complexity index is 1080. The van der Waals surface area contributed by atoms with Gasteiger partial charge in [0.15, 0.2) is 0 Å². The fraction of sp³-hybridized carbons (Fsp3) is 0.130. The lowest BCUT2D eigenvalue weighted by atomic mass is 10.1. The van der Waals surface area contributed by atoms with Crippen LogP contribution in [0.25, 0.3) is 5.69 Å². The third kappa shape index (κ3) is 4.38. The van der Waals surface area contributed by atoms with Crippen LogP contribution in [-0.4, -0.2) is 16.9 Å². The van der Waals surface area contributed by atoms with Crippen LogP contribution in [0.1, 0.15) is 11.1 Å². The van der Waals surface area contributed by atoms with E-state index in [1.54, 1.807) is 0 Å². The van der Waals surface area contributed by atoms with E-state index in [4.69, 9.17) is 9.15 Å². The monoisotopic (exact) mass is 387 g/mol. The fourth-order valence-electron chi connectivity index (χ4n) is 3.17. The smallest absolute Gasteiger partial charge is 0.444 e. The SMILES string of the molecule is COc1nn(-c2cccc(N(Cc3ccccc3)Cc3ccccc3)c2)c(=O)o1. The Morgan fingerprint density at radius 2 is 1.52 bits per heavy atom. The summed E-state index contributed by atoms with van der Waals surface area (Å²) in [7, 11) is 1.41. The van der Waals surface area contributed by atoms with E-state index in [9.17, 15) is 4.79 Å². The molecular formula is C23H21N3O3. The number of ether oxygens (including phenoxy) is 1. The molecule has 1 heterocycles. The fourth-order valence-corrected chi connectivity index (χ4v) is 3.17. The first-order valence-corrected chi connectivity index (χ1v) is 9.30. The Morgan fingerprint density at radius 3 is 2.07 bits per heavy atom. The molecule has 3 aromatic carbocycles. The zero-order chi connectivity index (χ0) is 20.1. The number of rotatable bonds is 7. The van der Waals surface area contributed by atoms with Crippen molar-refractivity contribution in [2.75, 3.05) is 12.0 Å². The molecule has 6 nitrogen and oxygen atoms in total. The molecule has 0 radical (unpaired) electrons. The van der Waals surface area contributed by atoms with Crippen LogP contribution in [0.4, 0.5) is 5.69 Å². The molecule has 1 aromatic heterocycles. The van der Waals surface area contributed by atoms with Crippen molar-refractivity contribution in [1.82, 2.24) is 9.78 Å². The molecule has 0 amide bonds. The number of nitrogens with zero attached hydrogens (tertiary/aromatic N) is 3. The summed E-state index contributed by atoms with van der Waals surface area (Å²) in [5.41, 5.74) is 4.00. The van der Waals surface area contributed by atoms with Gasteiger partial charge in [0.05, 0.1) is 12.8 Å². The molecule has 4 rings (SSSR count). The van der Waals surface area contributed by atoms with Crippen molar-refractivity contribution in [3.8, 4) is 11.8 Å². The predicted octanol–water partition coefficient (Wildman–Crippen LogP) is 4.04. The topological polar surface area (TPSA) is 60.5 Å². The molecule has 0 aliphatic heterocycles. The van der Waals surface area contributed by atoms with Crippen molar-refractivity contribution in [3.05, 3.63) is 107 Å². The second-order valence-electron chi connectivity index (χ2n) is 6.60. The van der Waals surface area contributed by atoms with Crippen LogP contribution in [0.2, 0.25) is 0 Å². The highest BCUT2D eigenvalue weighted by Gasteiger charge is 2.13. The summed E-state index contributed by atoms with van der Waals surface area (Å²) in [6.07, 6.45) is -0.0640. The highest BCUT2D eigenvalue weighted by Crippen LogP contribution is 2.23. The van der Waals surface area contributed by atoms with Crippen molar-refractivity contribution in [3.63, 3.8) is 0 Å². The molecule has 29 heavy (non-hydrogen) atoms. The molecule has 6 heteroatoms. The number of benzene rings is 3. The Morgan fingerprint density at radius 1 is 0.897 bits per heavy atom. The molecule has 4 aromatic rings. The van der Waals surface area contributed by atoms with E-state index in [-0.39, 0.29) is 6.08 Å². The lowest BCUT2D eigenvalue weighted by molar-refractivity contribution is 0.282. The maximum atomic E-state index is 12.1. The molecule has 0 aliphatic carbocycles. The molecule has 146 valence electrons. The van der Waals surface area contributed by atoms with Crippen molar-refractivity contribution in [2.45, 2.75) is 13.1 Å². The lowest BCUT2D eigenvalue weighted by Crippen LogP contribution is -2.22. The van der Waals surface area contributed by atoms with Crippen LogP contribution < -0.4 is 15.4 Å². The molecule has 0 bridgehead atoms. The van der Waals surface area contributed by atoms with Crippen molar-refractivity contribution in [1.29, 1.82) is 0 Å². The van der Waals surface area contributed by atoms with Gasteiger partial charge in [-0.25, -0.2) is 4.79 Å². The van der Waals surface area contributed by atoms with Crippen molar-refractivity contribution >= 4 is 5.69 Å². The minimum atomic E-state index is -0.586. The first-order chi connectivity index (χ1) is 14.2. The Hall–Kier alpha value is -3.80. The van der Waals surface area contributed by atoms with Crippen LogP contribution in [-0.2, 0) is 13.1 Å².